The Balaban J connectivity index is 1.65. The third-order valence-electron chi connectivity index (χ3n) is 4.27. The van der Waals surface area contributed by atoms with Crippen molar-refractivity contribution in [2.45, 2.75) is 44.4 Å². The van der Waals surface area contributed by atoms with Crippen LogP contribution in [0.1, 0.15) is 31.2 Å². The Morgan fingerprint density at radius 1 is 1.35 bits per heavy atom. The van der Waals surface area contributed by atoms with Gasteiger partial charge in [-0.15, -0.1) is 0 Å². The van der Waals surface area contributed by atoms with Crippen LogP contribution in [-0.4, -0.2) is 32.3 Å². The molecule has 1 aliphatic heterocycles. The standard InChI is InChI=1S/C16H23ClN2O/c1-20-15-3-2-8-19(11-15)14-7-4-12(16(17)9-14)10-18-13-5-6-13/h4,7,9,13,15,18H,2-3,5-6,8,10-11H2,1H3. The van der Waals surface area contributed by atoms with Crippen LogP contribution in [0.25, 0.3) is 0 Å². The van der Waals surface area contributed by atoms with Crippen LogP contribution in [0.4, 0.5) is 5.69 Å². The molecule has 1 atom stereocenters. The maximum atomic E-state index is 6.42. The molecule has 0 spiro atoms. The Hall–Kier alpha value is -0.770. The Kier molecular flexibility index (Phi) is 4.49. The first kappa shape index (κ1) is 14.2. The lowest BCUT2D eigenvalue weighted by Gasteiger charge is -2.33. The molecule has 0 amide bonds. The van der Waals surface area contributed by atoms with Crippen LogP contribution in [0, 0.1) is 0 Å². The molecule has 1 saturated carbocycles. The molecule has 1 saturated heterocycles. The van der Waals surface area contributed by atoms with Gasteiger partial charge in [-0.05, 0) is 43.4 Å². The van der Waals surface area contributed by atoms with Crippen LogP contribution < -0.4 is 10.2 Å². The molecule has 4 heteroatoms. The zero-order valence-corrected chi connectivity index (χ0v) is 12.8. The normalized spacial score (nSPS) is 23.1. The highest BCUT2D eigenvalue weighted by Gasteiger charge is 2.22. The van der Waals surface area contributed by atoms with E-state index in [1.807, 2.05) is 0 Å². The minimum absolute atomic E-state index is 0.346. The van der Waals surface area contributed by atoms with Crippen molar-refractivity contribution in [1.82, 2.24) is 5.32 Å². The van der Waals surface area contributed by atoms with E-state index in [0.29, 0.717) is 6.10 Å². The first-order chi connectivity index (χ1) is 9.76. The maximum absolute atomic E-state index is 6.42. The van der Waals surface area contributed by atoms with E-state index in [9.17, 15) is 0 Å². The van der Waals surface area contributed by atoms with Gasteiger partial charge in [-0.3, -0.25) is 0 Å². The van der Waals surface area contributed by atoms with Gasteiger partial charge in [-0.25, -0.2) is 0 Å². The van der Waals surface area contributed by atoms with Crippen molar-refractivity contribution in [1.29, 1.82) is 0 Å². The zero-order valence-electron chi connectivity index (χ0n) is 12.1. The van der Waals surface area contributed by atoms with E-state index in [1.165, 1.54) is 30.5 Å². The molecule has 1 heterocycles. The van der Waals surface area contributed by atoms with Gasteiger partial charge >= 0.3 is 0 Å². The molecule has 0 aromatic heterocycles. The molecule has 1 N–H and O–H groups in total. The van der Waals surface area contributed by atoms with Gasteiger partial charge in [0.2, 0.25) is 0 Å². The SMILES string of the molecule is COC1CCCN(c2ccc(CNC3CC3)c(Cl)c2)C1. The van der Waals surface area contributed by atoms with E-state index in [1.54, 1.807) is 7.11 Å². The largest absolute Gasteiger partial charge is 0.380 e. The summed E-state index contributed by atoms with van der Waals surface area (Å²) in [4.78, 5) is 2.38. The fourth-order valence-corrected chi connectivity index (χ4v) is 3.02. The van der Waals surface area contributed by atoms with Gasteiger partial charge in [0, 0.05) is 43.5 Å². The quantitative estimate of drug-likeness (QED) is 0.902. The van der Waals surface area contributed by atoms with Crippen LogP contribution in [0.2, 0.25) is 5.02 Å². The summed E-state index contributed by atoms with van der Waals surface area (Å²) in [5.74, 6) is 0. The molecule has 1 unspecified atom stereocenters. The van der Waals surface area contributed by atoms with E-state index in [2.05, 4.69) is 28.4 Å². The summed E-state index contributed by atoms with van der Waals surface area (Å²) in [6, 6.07) is 7.16. The third kappa shape index (κ3) is 3.46. The lowest BCUT2D eigenvalue weighted by Crippen LogP contribution is -2.39. The Bertz CT molecular complexity index is 462. The molecule has 0 bridgehead atoms. The van der Waals surface area contributed by atoms with Crippen molar-refractivity contribution in [3.05, 3.63) is 28.8 Å². The van der Waals surface area contributed by atoms with Crippen molar-refractivity contribution < 1.29 is 4.74 Å². The number of nitrogens with zero attached hydrogens (tertiary/aromatic N) is 1. The van der Waals surface area contributed by atoms with Gasteiger partial charge in [0.1, 0.15) is 0 Å². The summed E-state index contributed by atoms with van der Waals surface area (Å²) in [7, 11) is 1.80. The summed E-state index contributed by atoms with van der Waals surface area (Å²) in [6.45, 7) is 2.94. The third-order valence-corrected chi connectivity index (χ3v) is 4.62. The number of halogens is 1. The lowest BCUT2D eigenvalue weighted by molar-refractivity contribution is 0.0893. The summed E-state index contributed by atoms with van der Waals surface area (Å²) in [5.41, 5.74) is 2.41. The highest BCUT2D eigenvalue weighted by molar-refractivity contribution is 6.31. The molecular formula is C16H23ClN2O. The molecular weight excluding hydrogens is 272 g/mol. The number of nitrogens with one attached hydrogen (secondary N) is 1. The van der Waals surface area contributed by atoms with Crippen LogP contribution in [-0.2, 0) is 11.3 Å². The number of benzene rings is 1. The van der Waals surface area contributed by atoms with Gasteiger partial charge in [0.05, 0.1) is 6.10 Å². The van der Waals surface area contributed by atoms with Crippen molar-refractivity contribution >= 4 is 17.3 Å². The average Bonchev–Trinajstić information content (AvgIpc) is 3.30. The number of methoxy groups -OCH3 is 1. The molecule has 0 radical (unpaired) electrons. The van der Waals surface area contributed by atoms with E-state index in [4.69, 9.17) is 16.3 Å². The number of hydrogen-bond donors (Lipinski definition) is 1. The molecule has 20 heavy (non-hydrogen) atoms. The number of rotatable bonds is 5. The molecule has 3 nitrogen and oxygen atoms in total. The topological polar surface area (TPSA) is 24.5 Å². The van der Waals surface area contributed by atoms with Gasteiger partial charge < -0.3 is 15.0 Å². The highest BCUT2D eigenvalue weighted by atomic mass is 35.5. The monoisotopic (exact) mass is 294 g/mol. The molecule has 1 aromatic rings. The summed E-state index contributed by atoms with van der Waals surface area (Å²) in [5, 5.41) is 4.38. The highest BCUT2D eigenvalue weighted by Crippen LogP contribution is 2.27. The predicted octanol–water partition coefficient (Wildman–Crippen LogP) is 3.21. The molecule has 2 fully saturated rings. The van der Waals surface area contributed by atoms with E-state index < -0.39 is 0 Å². The first-order valence-corrected chi connectivity index (χ1v) is 7.93. The number of anilines is 1. The molecule has 110 valence electrons. The minimum atomic E-state index is 0.346. The van der Waals surface area contributed by atoms with Crippen molar-refractivity contribution in [3.8, 4) is 0 Å². The first-order valence-electron chi connectivity index (χ1n) is 7.56. The summed E-state index contributed by atoms with van der Waals surface area (Å²) < 4.78 is 5.48. The molecule has 3 rings (SSSR count). The van der Waals surface area contributed by atoms with Gasteiger partial charge in [-0.2, -0.15) is 0 Å². The second kappa shape index (κ2) is 6.33. The zero-order chi connectivity index (χ0) is 13.9. The van der Waals surface area contributed by atoms with Gasteiger partial charge in [0.25, 0.3) is 0 Å². The van der Waals surface area contributed by atoms with Crippen LogP contribution in [0.5, 0.6) is 0 Å². The lowest BCUT2D eigenvalue weighted by atomic mass is 10.1. The Morgan fingerprint density at radius 3 is 2.90 bits per heavy atom. The van der Waals surface area contributed by atoms with Crippen LogP contribution in [0.15, 0.2) is 18.2 Å². The molecule has 1 aliphatic carbocycles. The second-order valence-electron chi connectivity index (χ2n) is 5.88. The van der Waals surface area contributed by atoms with E-state index >= 15 is 0 Å². The minimum Gasteiger partial charge on any atom is -0.380 e. The van der Waals surface area contributed by atoms with Gasteiger partial charge in [-0.1, -0.05) is 17.7 Å². The molecule has 1 aromatic carbocycles. The smallest absolute Gasteiger partial charge is 0.0746 e. The second-order valence-corrected chi connectivity index (χ2v) is 6.28. The Labute approximate surface area is 126 Å². The number of ether oxygens (including phenoxy) is 1. The Morgan fingerprint density at radius 2 is 2.20 bits per heavy atom. The van der Waals surface area contributed by atoms with Crippen LogP contribution >= 0.6 is 11.6 Å². The van der Waals surface area contributed by atoms with Crippen molar-refractivity contribution in [2.24, 2.45) is 0 Å². The van der Waals surface area contributed by atoms with Crippen LogP contribution in [0.3, 0.4) is 0 Å². The average molecular weight is 295 g/mol. The van der Waals surface area contributed by atoms with E-state index in [0.717, 1.165) is 37.1 Å². The van der Waals surface area contributed by atoms with Crippen molar-refractivity contribution in [2.75, 3.05) is 25.1 Å². The molecule has 2 aliphatic rings. The maximum Gasteiger partial charge on any atom is 0.0746 e. The predicted molar refractivity (Wildman–Crippen MR) is 83.6 cm³/mol. The number of piperidine rings is 1. The van der Waals surface area contributed by atoms with Crippen molar-refractivity contribution in [3.63, 3.8) is 0 Å². The van der Waals surface area contributed by atoms with Gasteiger partial charge in [0.15, 0.2) is 0 Å². The number of hydrogen-bond acceptors (Lipinski definition) is 3. The summed E-state index contributed by atoms with van der Waals surface area (Å²) in [6.07, 6.45) is 5.30. The fraction of sp³-hybridized carbons (Fsp3) is 0.625. The van der Waals surface area contributed by atoms with E-state index in [-0.39, 0.29) is 0 Å². The summed E-state index contributed by atoms with van der Waals surface area (Å²) >= 11 is 6.42. The fourth-order valence-electron chi connectivity index (χ4n) is 2.78.